The Kier molecular flexibility index (Phi) is 5.31. The van der Waals surface area contributed by atoms with Gasteiger partial charge >= 0.3 is 5.69 Å². The van der Waals surface area contributed by atoms with Crippen LogP contribution in [0.3, 0.4) is 0 Å². The summed E-state index contributed by atoms with van der Waals surface area (Å²) in [6.07, 6.45) is 4.88. The zero-order valence-corrected chi connectivity index (χ0v) is 16.0. The zero-order chi connectivity index (χ0) is 20.4. The highest BCUT2D eigenvalue weighted by molar-refractivity contribution is 5.93. The third kappa shape index (κ3) is 3.61. The minimum Gasteiger partial charge on any atom is -0.289 e. The molecular weight excluding hydrogens is 370 g/mol. The monoisotopic (exact) mass is 393 g/mol. The number of rotatable bonds is 4. The first-order chi connectivity index (χ1) is 14.1. The van der Waals surface area contributed by atoms with Gasteiger partial charge in [-0.3, -0.25) is 23.9 Å². The van der Waals surface area contributed by atoms with E-state index in [0.29, 0.717) is 16.5 Å². The summed E-state index contributed by atoms with van der Waals surface area (Å²) in [7, 11) is 0. The number of hydrogen-bond acceptors (Lipinski definition) is 4. The van der Waals surface area contributed by atoms with Crippen molar-refractivity contribution >= 4 is 16.8 Å². The fourth-order valence-electron chi connectivity index (χ4n) is 4.16. The van der Waals surface area contributed by atoms with Crippen molar-refractivity contribution < 1.29 is 10.0 Å². The molecule has 4 rings (SSSR count). The maximum absolute atomic E-state index is 13.4. The predicted octanol–water partition coefficient (Wildman–Crippen LogP) is 2.84. The van der Waals surface area contributed by atoms with Gasteiger partial charge in [0.1, 0.15) is 0 Å². The van der Waals surface area contributed by atoms with Crippen LogP contribution in [0.2, 0.25) is 0 Å². The molecule has 7 heteroatoms. The minimum atomic E-state index is -0.593. The molecule has 150 valence electrons. The molecular formula is C22H23N3O4. The molecule has 0 spiro atoms. The summed E-state index contributed by atoms with van der Waals surface area (Å²) in [5.74, 6) is -0.593. The largest absolute Gasteiger partial charge is 0.332 e. The molecule has 0 saturated heterocycles. The van der Waals surface area contributed by atoms with Gasteiger partial charge in [0.25, 0.3) is 11.5 Å². The molecule has 1 heterocycles. The summed E-state index contributed by atoms with van der Waals surface area (Å²) in [5.41, 5.74) is 2.83. The van der Waals surface area contributed by atoms with Crippen molar-refractivity contribution in [2.24, 2.45) is 0 Å². The minimum absolute atomic E-state index is 0.0600. The number of amides is 1. The Hall–Kier alpha value is -3.19. The summed E-state index contributed by atoms with van der Waals surface area (Å²) in [6, 6.07) is 13.8. The molecule has 1 aliphatic carbocycles. The van der Waals surface area contributed by atoms with Gasteiger partial charge in [0, 0.05) is 11.6 Å². The molecule has 0 unspecified atom stereocenters. The number of aromatic nitrogens is 2. The molecule has 1 aliphatic rings. The number of fused-ring (bicyclic) bond motifs is 1. The Labute approximate surface area is 167 Å². The highest BCUT2D eigenvalue weighted by atomic mass is 16.5. The lowest BCUT2D eigenvalue weighted by Gasteiger charge is -2.24. The van der Waals surface area contributed by atoms with Crippen LogP contribution in [0, 0.1) is 0 Å². The van der Waals surface area contributed by atoms with Crippen LogP contribution >= 0.6 is 0 Å². The number of hydrogen-bond donors (Lipinski definition) is 2. The average molecular weight is 393 g/mol. The van der Waals surface area contributed by atoms with E-state index in [0.717, 1.165) is 37.7 Å². The van der Waals surface area contributed by atoms with E-state index in [1.165, 1.54) is 4.57 Å². The summed E-state index contributed by atoms with van der Waals surface area (Å²) < 4.78 is 3.07. The van der Waals surface area contributed by atoms with E-state index in [9.17, 15) is 14.4 Å². The van der Waals surface area contributed by atoms with Crippen molar-refractivity contribution in [2.75, 3.05) is 0 Å². The summed E-state index contributed by atoms with van der Waals surface area (Å²) >= 11 is 0. The van der Waals surface area contributed by atoms with E-state index in [4.69, 9.17) is 5.21 Å². The molecule has 1 fully saturated rings. The lowest BCUT2D eigenvalue weighted by Crippen LogP contribution is -2.43. The van der Waals surface area contributed by atoms with Crippen LogP contribution in [-0.4, -0.2) is 20.2 Å². The highest BCUT2D eigenvalue weighted by Gasteiger charge is 2.22. The van der Waals surface area contributed by atoms with Crippen molar-refractivity contribution in [3.63, 3.8) is 0 Å². The van der Waals surface area contributed by atoms with Crippen LogP contribution in [0.1, 0.15) is 54.1 Å². The van der Waals surface area contributed by atoms with Crippen molar-refractivity contribution in [1.29, 1.82) is 0 Å². The zero-order valence-electron chi connectivity index (χ0n) is 16.0. The van der Waals surface area contributed by atoms with E-state index >= 15 is 0 Å². The Bertz CT molecular complexity index is 1160. The summed E-state index contributed by atoms with van der Waals surface area (Å²) in [6.45, 7) is 0.285. The molecule has 2 aromatic carbocycles. The second-order valence-corrected chi connectivity index (χ2v) is 7.49. The molecule has 1 aromatic heterocycles. The topological polar surface area (TPSA) is 93.3 Å². The van der Waals surface area contributed by atoms with Gasteiger partial charge in [0.15, 0.2) is 0 Å². The van der Waals surface area contributed by atoms with Gasteiger partial charge in [-0.25, -0.2) is 10.3 Å². The lowest BCUT2D eigenvalue weighted by molar-refractivity contribution is 0.0706. The number of benzene rings is 2. The molecule has 0 radical (unpaired) electrons. The van der Waals surface area contributed by atoms with E-state index in [2.05, 4.69) is 0 Å². The van der Waals surface area contributed by atoms with E-state index in [-0.39, 0.29) is 23.8 Å². The molecule has 1 amide bonds. The molecule has 0 bridgehead atoms. The van der Waals surface area contributed by atoms with Crippen LogP contribution in [0.15, 0.2) is 58.1 Å². The first-order valence-electron chi connectivity index (χ1n) is 9.87. The van der Waals surface area contributed by atoms with Crippen LogP contribution in [0.5, 0.6) is 0 Å². The highest BCUT2D eigenvalue weighted by Crippen LogP contribution is 2.26. The van der Waals surface area contributed by atoms with E-state index in [1.807, 2.05) is 12.1 Å². The molecule has 29 heavy (non-hydrogen) atoms. The van der Waals surface area contributed by atoms with Gasteiger partial charge in [-0.2, -0.15) is 0 Å². The molecule has 3 aromatic rings. The Morgan fingerprint density at radius 3 is 2.38 bits per heavy atom. The van der Waals surface area contributed by atoms with Crippen molar-refractivity contribution in [2.45, 2.75) is 44.7 Å². The van der Waals surface area contributed by atoms with Gasteiger partial charge in [-0.15, -0.1) is 0 Å². The smallest absolute Gasteiger partial charge is 0.289 e. The first-order valence-corrected chi connectivity index (χ1v) is 9.87. The molecule has 0 aliphatic heterocycles. The summed E-state index contributed by atoms with van der Waals surface area (Å²) in [5, 5.41) is 9.29. The molecule has 2 N–H and O–H groups in total. The lowest BCUT2D eigenvalue weighted by atomic mass is 9.95. The molecule has 0 atom stereocenters. The molecule has 7 nitrogen and oxygen atoms in total. The second kappa shape index (κ2) is 8.05. The normalized spacial score (nSPS) is 14.8. The first kappa shape index (κ1) is 19.1. The SMILES string of the molecule is O=C(NO)c1ccc(Cn2c(=O)n(C3CCCCC3)c(=O)c3ccccc32)cc1. The quantitative estimate of drug-likeness (QED) is 0.527. The van der Waals surface area contributed by atoms with E-state index < -0.39 is 5.91 Å². The standard InChI is InChI=1S/C22H23N3O4/c26-20(23-29)16-12-10-15(11-13-16)14-24-19-9-5-4-8-18(19)21(27)25(22(24)28)17-6-2-1-3-7-17/h4-5,8-13,17,29H,1-3,6-7,14H2,(H,23,26). The third-order valence-electron chi connectivity index (χ3n) is 5.68. The van der Waals surface area contributed by atoms with Crippen LogP contribution in [0.25, 0.3) is 10.9 Å². The van der Waals surface area contributed by atoms with Crippen molar-refractivity contribution in [1.82, 2.24) is 14.6 Å². The van der Waals surface area contributed by atoms with Gasteiger partial charge in [-0.1, -0.05) is 43.5 Å². The van der Waals surface area contributed by atoms with Crippen LogP contribution < -0.4 is 16.7 Å². The summed E-state index contributed by atoms with van der Waals surface area (Å²) in [4.78, 5) is 38.0. The van der Waals surface area contributed by atoms with E-state index in [1.54, 1.807) is 46.4 Å². The maximum atomic E-state index is 13.4. The number of nitrogens with one attached hydrogen (secondary N) is 1. The average Bonchev–Trinajstić information content (AvgIpc) is 2.77. The molecule has 1 saturated carbocycles. The van der Waals surface area contributed by atoms with Crippen LogP contribution in [0.4, 0.5) is 0 Å². The number of hydroxylamine groups is 1. The van der Waals surface area contributed by atoms with Gasteiger partial charge in [0.2, 0.25) is 0 Å². The van der Waals surface area contributed by atoms with Gasteiger partial charge < -0.3 is 0 Å². The third-order valence-corrected chi connectivity index (χ3v) is 5.68. The van der Waals surface area contributed by atoms with Crippen molar-refractivity contribution in [3.8, 4) is 0 Å². The Morgan fingerprint density at radius 1 is 1.00 bits per heavy atom. The number of carbonyl (C=O) groups is 1. The fourth-order valence-corrected chi connectivity index (χ4v) is 4.16. The number of para-hydroxylation sites is 1. The Balaban J connectivity index is 1.82. The maximum Gasteiger partial charge on any atom is 0.332 e. The van der Waals surface area contributed by atoms with Crippen molar-refractivity contribution in [3.05, 3.63) is 80.5 Å². The second-order valence-electron chi connectivity index (χ2n) is 7.49. The van der Waals surface area contributed by atoms with Gasteiger partial charge in [0.05, 0.1) is 17.4 Å². The Morgan fingerprint density at radius 2 is 1.69 bits per heavy atom. The number of carbonyl (C=O) groups excluding carboxylic acids is 1. The van der Waals surface area contributed by atoms with Gasteiger partial charge in [-0.05, 0) is 42.7 Å². The van der Waals surface area contributed by atoms with Crippen LogP contribution in [-0.2, 0) is 6.54 Å². The predicted molar refractivity (Wildman–Crippen MR) is 109 cm³/mol. The number of nitrogens with zero attached hydrogens (tertiary/aromatic N) is 2. The fraction of sp³-hybridized carbons (Fsp3) is 0.318.